The van der Waals surface area contributed by atoms with Gasteiger partial charge in [0.15, 0.2) is 0 Å². The van der Waals surface area contributed by atoms with E-state index in [1.165, 1.54) is 19.3 Å². The van der Waals surface area contributed by atoms with E-state index in [2.05, 4.69) is 5.32 Å². The first-order chi connectivity index (χ1) is 16.3. The van der Waals surface area contributed by atoms with Gasteiger partial charge in [-0.3, -0.25) is 14.9 Å². The van der Waals surface area contributed by atoms with Crippen molar-refractivity contribution in [1.82, 2.24) is 5.32 Å². The van der Waals surface area contributed by atoms with E-state index in [4.69, 9.17) is 16.3 Å². The maximum atomic E-state index is 14.1. The lowest BCUT2D eigenvalue weighted by Crippen LogP contribution is -2.54. The topological polar surface area (TPSA) is 75.7 Å². The predicted octanol–water partition coefficient (Wildman–Crippen LogP) is 5.05. The van der Waals surface area contributed by atoms with Gasteiger partial charge in [0.1, 0.15) is 17.1 Å². The fourth-order valence-corrected chi connectivity index (χ4v) is 3.94. The first kappa shape index (κ1) is 23.2. The molecule has 0 spiro atoms. The fourth-order valence-electron chi connectivity index (χ4n) is 3.65. The molecule has 1 heterocycles. The predicted molar refractivity (Wildman–Crippen MR) is 127 cm³/mol. The summed E-state index contributed by atoms with van der Waals surface area (Å²) in [6, 6.07) is 15.4. The van der Waals surface area contributed by atoms with E-state index in [0.717, 1.165) is 10.5 Å². The van der Waals surface area contributed by atoms with E-state index < -0.39 is 17.8 Å². The summed E-state index contributed by atoms with van der Waals surface area (Å²) < 4.78 is 19.6. The lowest BCUT2D eigenvalue weighted by Gasteiger charge is -2.26. The number of carbonyl (C=O) groups is 3. The van der Waals surface area contributed by atoms with Crippen LogP contribution in [0, 0.1) is 12.7 Å². The molecule has 0 bridgehead atoms. The molecule has 1 aliphatic heterocycles. The average molecular weight is 479 g/mol. The Labute approximate surface area is 200 Å². The van der Waals surface area contributed by atoms with Crippen LogP contribution >= 0.6 is 11.6 Å². The monoisotopic (exact) mass is 478 g/mol. The SMILES string of the molecule is COc1cc(/C=C2\C(=O)NC(=O)N(c3ccc(C)cc3)C2=O)cc(Cl)c1Cc1ccccc1F. The second-order valence-electron chi connectivity index (χ2n) is 7.75. The van der Waals surface area contributed by atoms with Gasteiger partial charge in [0, 0.05) is 17.0 Å². The lowest BCUT2D eigenvalue weighted by molar-refractivity contribution is -0.122. The zero-order valence-electron chi connectivity index (χ0n) is 18.4. The number of benzene rings is 3. The average Bonchev–Trinajstić information content (AvgIpc) is 2.80. The Morgan fingerprint density at radius 2 is 1.76 bits per heavy atom. The van der Waals surface area contributed by atoms with E-state index in [1.54, 1.807) is 54.6 Å². The molecule has 8 heteroatoms. The Morgan fingerprint density at radius 1 is 1.06 bits per heavy atom. The molecule has 0 saturated carbocycles. The molecule has 1 saturated heterocycles. The molecule has 1 aliphatic rings. The number of hydrogen-bond acceptors (Lipinski definition) is 4. The maximum Gasteiger partial charge on any atom is 0.335 e. The number of methoxy groups -OCH3 is 1. The van der Waals surface area contributed by atoms with Crippen molar-refractivity contribution >= 4 is 41.2 Å². The second kappa shape index (κ2) is 9.49. The Balaban J connectivity index is 1.71. The van der Waals surface area contributed by atoms with E-state index in [9.17, 15) is 18.8 Å². The fraction of sp³-hybridized carbons (Fsp3) is 0.115. The molecule has 3 aromatic rings. The largest absolute Gasteiger partial charge is 0.496 e. The molecule has 0 radical (unpaired) electrons. The van der Waals surface area contributed by atoms with E-state index in [-0.39, 0.29) is 22.8 Å². The molecule has 4 amide bonds. The molecule has 172 valence electrons. The van der Waals surface area contributed by atoms with E-state index in [1.807, 2.05) is 6.92 Å². The maximum absolute atomic E-state index is 14.1. The van der Waals surface area contributed by atoms with Crippen molar-refractivity contribution in [2.75, 3.05) is 12.0 Å². The number of imide groups is 2. The third-order valence-corrected chi connectivity index (χ3v) is 5.76. The van der Waals surface area contributed by atoms with Crippen molar-refractivity contribution in [2.24, 2.45) is 0 Å². The number of urea groups is 1. The van der Waals surface area contributed by atoms with Gasteiger partial charge in [0.25, 0.3) is 11.8 Å². The Hall–Kier alpha value is -3.97. The quantitative estimate of drug-likeness (QED) is 0.411. The van der Waals surface area contributed by atoms with Crippen molar-refractivity contribution < 1.29 is 23.5 Å². The van der Waals surface area contributed by atoms with Crippen LogP contribution in [0.1, 0.15) is 22.3 Å². The molecular formula is C26H20ClFN2O4. The van der Waals surface area contributed by atoms with Crippen LogP contribution in [-0.2, 0) is 16.0 Å². The van der Waals surface area contributed by atoms with E-state index >= 15 is 0 Å². The summed E-state index contributed by atoms with van der Waals surface area (Å²) in [5.74, 6) is -1.57. The summed E-state index contributed by atoms with van der Waals surface area (Å²) >= 11 is 6.49. The number of barbiturate groups is 1. The normalized spacial score (nSPS) is 15.0. The molecule has 0 unspecified atom stereocenters. The number of hydrogen-bond donors (Lipinski definition) is 1. The number of halogens is 2. The summed E-state index contributed by atoms with van der Waals surface area (Å²) in [5, 5.41) is 2.47. The third kappa shape index (κ3) is 4.56. The van der Waals surface area contributed by atoms with Crippen LogP contribution in [-0.4, -0.2) is 25.0 Å². The third-order valence-electron chi connectivity index (χ3n) is 5.43. The molecule has 4 rings (SSSR count). The summed E-state index contributed by atoms with van der Waals surface area (Å²) in [5.41, 5.74) is 2.48. The second-order valence-corrected chi connectivity index (χ2v) is 8.15. The van der Waals surface area contributed by atoms with Gasteiger partial charge in [-0.15, -0.1) is 0 Å². The number of rotatable bonds is 5. The summed E-state index contributed by atoms with van der Waals surface area (Å²) in [6.45, 7) is 1.88. The molecule has 3 aromatic carbocycles. The van der Waals surface area contributed by atoms with Gasteiger partial charge in [0.2, 0.25) is 0 Å². The van der Waals surface area contributed by atoms with E-state index in [0.29, 0.717) is 28.1 Å². The zero-order valence-corrected chi connectivity index (χ0v) is 19.2. The molecule has 0 aromatic heterocycles. The summed E-state index contributed by atoms with van der Waals surface area (Å²) in [7, 11) is 1.45. The van der Waals surface area contributed by atoms with Crippen LogP contribution in [0.15, 0.2) is 66.2 Å². The molecule has 0 atom stereocenters. The van der Waals surface area contributed by atoms with Crippen LogP contribution in [0.3, 0.4) is 0 Å². The van der Waals surface area contributed by atoms with Crippen molar-refractivity contribution in [3.05, 3.63) is 99.3 Å². The minimum absolute atomic E-state index is 0.195. The van der Waals surface area contributed by atoms with Gasteiger partial charge in [-0.25, -0.2) is 14.1 Å². The summed E-state index contributed by atoms with van der Waals surface area (Å²) in [6.07, 6.45) is 1.53. The van der Waals surface area contributed by atoms with Gasteiger partial charge < -0.3 is 4.74 Å². The number of ether oxygens (including phenoxy) is 1. The van der Waals surface area contributed by atoms with Crippen molar-refractivity contribution in [1.29, 1.82) is 0 Å². The van der Waals surface area contributed by atoms with Gasteiger partial charge in [-0.1, -0.05) is 47.5 Å². The van der Waals surface area contributed by atoms with Gasteiger partial charge in [0.05, 0.1) is 12.8 Å². The zero-order chi connectivity index (χ0) is 24.4. The first-order valence-electron chi connectivity index (χ1n) is 10.4. The molecule has 1 fully saturated rings. The van der Waals surface area contributed by atoms with Crippen molar-refractivity contribution in [2.45, 2.75) is 13.3 Å². The van der Waals surface area contributed by atoms with Crippen LogP contribution in [0.2, 0.25) is 5.02 Å². The number of nitrogens with one attached hydrogen (secondary N) is 1. The van der Waals surface area contributed by atoms with Crippen LogP contribution in [0.4, 0.5) is 14.9 Å². The highest BCUT2D eigenvalue weighted by Crippen LogP contribution is 2.33. The van der Waals surface area contributed by atoms with Crippen molar-refractivity contribution in [3.8, 4) is 5.75 Å². The highest BCUT2D eigenvalue weighted by Gasteiger charge is 2.36. The van der Waals surface area contributed by atoms with Gasteiger partial charge >= 0.3 is 6.03 Å². The molecule has 0 aliphatic carbocycles. The highest BCUT2D eigenvalue weighted by atomic mass is 35.5. The van der Waals surface area contributed by atoms with Gasteiger partial charge in [-0.2, -0.15) is 0 Å². The number of anilines is 1. The standard InChI is InChI=1S/C26H20ClFN2O4/c1-15-7-9-18(10-8-15)30-25(32)20(24(31)29-26(30)33)11-16-12-21(27)19(23(13-16)34-2)14-17-5-3-4-6-22(17)28/h3-13H,14H2,1-2H3,(H,29,31,33)/b20-11+. The smallest absolute Gasteiger partial charge is 0.335 e. The van der Waals surface area contributed by atoms with Crippen LogP contribution in [0.5, 0.6) is 5.75 Å². The minimum atomic E-state index is -0.827. The minimum Gasteiger partial charge on any atom is -0.496 e. The Morgan fingerprint density at radius 3 is 2.44 bits per heavy atom. The first-order valence-corrected chi connectivity index (χ1v) is 10.7. The molecule has 1 N–H and O–H groups in total. The number of aryl methyl sites for hydroxylation is 1. The molecule has 34 heavy (non-hydrogen) atoms. The summed E-state index contributed by atoms with van der Waals surface area (Å²) in [4.78, 5) is 38.8. The Bertz CT molecular complexity index is 1340. The Kier molecular flexibility index (Phi) is 6.47. The van der Waals surface area contributed by atoms with Crippen LogP contribution in [0.25, 0.3) is 6.08 Å². The highest BCUT2D eigenvalue weighted by molar-refractivity contribution is 6.39. The molecular weight excluding hydrogens is 459 g/mol. The number of carbonyl (C=O) groups excluding carboxylic acids is 3. The number of nitrogens with zero attached hydrogens (tertiary/aromatic N) is 1. The van der Waals surface area contributed by atoms with Crippen molar-refractivity contribution in [3.63, 3.8) is 0 Å². The molecule has 6 nitrogen and oxygen atoms in total. The number of amides is 4. The van der Waals surface area contributed by atoms with Gasteiger partial charge in [-0.05, 0) is 54.5 Å². The lowest BCUT2D eigenvalue weighted by atomic mass is 10.00. The van der Waals surface area contributed by atoms with Crippen LogP contribution < -0.4 is 15.0 Å².